The van der Waals surface area contributed by atoms with E-state index in [4.69, 9.17) is 5.11 Å². The van der Waals surface area contributed by atoms with Gasteiger partial charge < -0.3 is 5.11 Å². The van der Waals surface area contributed by atoms with Crippen LogP contribution in [-0.4, -0.2) is 21.0 Å². The molecule has 0 fully saturated rings. The van der Waals surface area contributed by atoms with Crippen LogP contribution in [0.1, 0.15) is 10.4 Å². The van der Waals surface area contributed by atoms with Crippen LogP contribution in [0.5, 0.6) is 0 Å². The van der Waals surface area contributed by atoms with Gasteiger partial charge in [0.2, 0.25) is 0 Å². The summed E-state index contributed by atoms with van der Waals surface area (Å²) in [7, 11) is 0. The molecule has 21 heavy (non-hydrogen) atoms. The topological polar surface area (TPSA) is 93.3 Å². The third-order valence-electron chi connectivity index (χ3n) is 2.43. The molecule has 0 spiro atoms. The van der Waals surface area contributed by atoms with Gasteiger partial charge in [0, 0.05) is 12.3 Å². The summed E-state index contributed by atoms with van der Waals surface area (Å²) in [5.41, 5.74) is -0.929. The van der Waals surface area contributed by atoms with E-state index in [9.17, 15) is 23.7 Å². The average Bonchev–Trinajstić information content (AvgIpc) is 2.44. The largest absolute Gasteiger partial charge is 0.478 e. The van der Waals surface area contributed by atoms with Gasteiger partial charge in [0.05, 0.1) is 10.5 Å². The molecule has 0 saturated carbocycles. The summed E-state index contributed by atoms with van der Waals surface area (Å²) >= 11 is 0.390. The number of hydrogen-bond donors (Lipinski definition) is 1. The molecule has 2 rings (SSSR count). The van der Waals surface area contributed by atoms with E-state index in [0.29, 0.717) is 17.8 Å². The number of nitro groups is 1. The Labute approximate surface area is 120 Å². The Kier molecular flexibility index (Phi) is 4.13. The molecule has 0 aliphatic rings. The molecule has 0 aliphatic carbocycles. The van der Waals surface area contributed by atoms with E-state index in [2.05, 4.69) is 4.98 Å². The van der Waals surface area contributed by atoms with Gasteiger partial charge in [0.25, 0.3) is 5.69 Å². The smallest absolute Gasteiger partial charge is 0.338 e. The van der Waals surface area contributed by atoms with Crippen molar-refractivity contribution >= 4 is 23.4 Å². The molecule has 0 bridgehead atoms. The number of carboxylic acids is 1. The first kappa shape index (κ1) is 14.9. The van der Waals surface area contributed by atoms with Gasteiger partial charge in [-0.3, -0.25) is 10.1 Å². The maximum Gasteiger partial charge on any atom is 0.338 e. The lowest BCUT2D eigenvalue weighted by atomic mass is 10.3. The molecule has 0 radical (unpaired) electrons. The predicted octanol–water partition coefficient (Wildman–Crippen LogP) is 3.12. The molecule has 1 N–H and O–H groups in total. The van der Waals surface area contributed by atoms with Gasteiger partial charge in [-0.2, -0.15) is 0 Å². The fourth-order valence-electron chi connectivity index (χ4n) is 1.49. The maximum atomic E-state index is 13.8. The minimum atomic E-state index is -1.42. The summed E-state index contributed by atoms with van der Waals surface area (Å²) in [4.78, 5) is 24.1. The van der Waals surface area contributed by atoms with Gasteiger partial charge in [-0.05, 0) is 18.2 Å². The zero-order chi connectivity index (χ0) is 15.6. The third kappa shape index (κ3) is 2.97. The van der Waals surface area contributed by atoms with Crippen LogP contribution in [-0.2, 0) is 0 Å². The van der Waals surface area contributed by atoms with Crippen molar-refractivity contribution in [3.63, 3.8) is 0 Å². The molecule has 0 amide bonds. The zero-order valence-electron chi connectivity index (χ0n) is 10.1. The number of pyridine rings is 1. The molecule has 9 heteroatoms. The number of benzene rings is 1. The first-order chi connectivity index (χ1) is 9.91. The highest BCUT2D eigenvalue weighted by atomic mass is 32.2. The second-order valence-corrected chi connectivity index (χ2v) is 4.73. The first-order valence-electron chi connectivity index (χ1n) is 5.40. The monoisotopic (exact) mass is 312 g/mol. The lowest BCUT2D eigenvalue weighted by molar-refractivity contribution is -0.388. The molecule has 108 valence electrons. The van der Waals surface area contributed by atoms with Gasteiger partial charge in [-0.15, -0.1) is 0 Å². The first-order valence-corrected chi connectivity index (χ1v) is 6.22. The number of aromatic nitrogens is 1. The number of nitro benzene ring substituents is 1. The Morgan fingerprint density at radius 3 is 2.67 bits per heavy atom. The van der Waals surface area contributed by atoms with Gasteiger partial charge in [0.1, 0.15) is 9.92 Å². The van der Waals surface area contributed by atoms with Crippen molar-refractivity contribution in [2.24, 2.45) is 0 Å². The number of aromatic carboxylic acids is 1. The summed E-state index contributed by atoms with van der Waals surface area (Å²) < 4.78 is 27.0. The van der Waals surface area contributed by atoms with Gasteiger partial charge in [-0.25, -0.2) is 18.6 Å². The number of rotatable bonds is 4. The summed E-state index contributed by atoms with van der Waals surface area (Å²) in [6.07, 6.45) is 1.25. The van der Waals surface area contributed by atoms with Crippen LogP contribution in [0.3, 0.4) is 0 Å². The molecule has 2 aromatic rings. The Morgan fingerprint density at radius 2 is 2.05 bits per heavy atom. The number of nitrogens with zero attached hydrogens (tertiary/aromatic N) is 2. The Balaban J connectivity index is 2.57. The van der Waals surface area contributed by atoms with Gasteiger partial charge >= 0.3 is 5.97 Å². The van der Waals surface area contributed by atoms with Crippen molar-refractivity contribution in [2.75, 3.05) is 0 Å². The van der Waals surface area contributed by atoms with E-state index in [1.54, 1.807) is 0 Å². The van der Waals surface area contributed by atoms with Crippen LogP contribution >= 0.6 is 11.8 Å². The number of hydrogen-bond acceptors (Lipinski definition) is 5. The van der Waals surface area contributed by atoms with E-state index < -0.39 is 33.1 Å². The number of halogens is 2. The van der Waals surface area contributed by atoms with E-state index in [1.807, 2.05) is 0 Å². The third-order valence-corrected chi connectivity index (χ3v) is 3.54. The normalized spacial score (nSPS) is 10.4. The van der Waals surface area contributed by atoms with Gasteiger partial charge in [0.15, 0.2) is 11.6 Å². The van der Waals surface area contributed by atoms with Crippen LogP contribution in [0.4, 0.5) is 14.5 Å². The minimum Gasteiger partial charge on any atom is -0.478 e. The Bertz CT molecular complexity index is 739. The quantitative estimate of drug-likeness (QED) is 0.688. The standard InChI is InChI=1S/C12H6F2N2O4S/c13-7-3-4-8(16(19)20)10(9(7)14)21-11-6(12(17)18)2-1-5-15-11/h1-5H,(H,17,18). The van der Waals surface area contributed by atoms with E-state index in [-0.39, 0.29) is 10.6 Å². The Hall–Kier alpha value is -2.55. The molecule has 0 atom stereocenters. The molecule has 1 aromatic carbocycles. The van der Waals surface area contributed by atoms with E-state index in [0.717, 1.165) is 6.07 Å². The second-order valence-electron chi connectivity index (χ2n) is 3.73. The Morgan fingerprint density at radius 1 is 1.33 bits per heavy atom. The summed E-state index contributed by atoms with van der Waals surface area (Å²) in [6, 6.07) is 4.00. The molecule has 1 aromatic heterocycles. The fourth-order valence-corrected chi connectivity index (χ4v) is 2.50. The summed E-state index contributed by atoms with van der Waals surface area (Å²) in [6.45, 7) is 0. The van der Waals surface area contributed by atoms with Crippen LogP contribution in [0.25, 0.3) is 0 Å². The summed E-state index contributed by atoms with van der Waals surface area (Å²) in [5, 5.41) is 19.7. The van der Waals surface area contributed by atoms with Crippen LogP contribution in [0.15, 0.2) is 40.4 Å². The summed E-state index contributed by atoms with van der Waals surface area (Å²) in [5.74, 6) is -4.02. The van der Waals surface area contributed by atoms with Crippen LogP contribution in [0, 0.1) is 21.7 Å². The van der Waals surface area contributed by atoms with Crippen molar-refractivity contribution in [2.45, 2.75) is 9.92 Å². The molecule has 0 saturated heterocycles. The lowest BCUT2D eigenvalue weighted by Gasteiger charge is -2.06. The SMILES string of the molecule is O=C(O)c1cccnc1Sc1c([N+](=O)[O-])ccc(F)c1F. The molecular weight excluding hydrogens is 306 g/mol. The maximum absolute atomic E-state index is 13.8. The fraction of sp³-hybridized carbons (Fsp3) is 0. The highest BCUT2D eigenvalue weighted by Crippen LogP contribution is 2.38. The van der Waals surface area contributed by atoms with Crippen molar-refractivity contribution in [3.8, 4) is 0 Å². The predicted molar refractivity (Wildman–Crippen MR) is 68.3 cm³/mol. The number of carboxylic acid groups (broad SMARTS) is 1. The molecule has 1 heterocycles. The molecule has 0 aliphatic heterocycles. The zero-order valence-corrected chi connectivity index (χ0v) is 10.9. The van der Waals surface area contributed by atoms with Crippen molar-refractivity contribution in [1.82, 2.24) is 4.98 Å². The van der Waals surface area contributed by atoms with Crippen LogP contribution in [0.2, 0.25) is 0 Å². The molecule has 6 nitrogen and oxygen atoms in total. The van der Waals surface area contributed by atoms with E-state index >= 15 is 0 Å². The minimum absolute atomic E-state index is 0.169. The van der Waals surface area contributed by atoms with Crippen molar-refractivity contribution in [3.05, 3.63) is 57.8 Å². The number of carbonyl (C=O) groups is 1. The second kappa shape index (κ2) is 5.83. The van der Waals surface area contributed by atoms with E-state index in [1.165, 1.54) is 18.3 Å². The highest BCUT2D eigenvalue weighted by molar-refractivity contribution is 7.99. The molecule has 0 unspecified atom stereocenters. The van der Waals surface area contributed by atoms with Gasteiger partial charge in [-0.1, -0.05) is 11.8 Å². The van der Waals surface area contributed by atoms with Crippen molar-refractivity contribution in [1.29, 1.82) is 0 Å². The molecular formula is C12H6F2N2O4S. The van der Waals surface area contributed by atoms with Crippen molar-refractivity contribution < 1.29 is 23.6 Å². The lowest BCUT2D eigenvalue weighted by Crippen LogP contribution is -2.02. The average molecular weight is 312 g/mol. The van der Waals surface area contributed by atoms with Crippen LogP contribution < -0.4 is 0 Å². The highest BCUT2D eigenvalue weighted by Gasteiger charge is 2.24.